The van der Waals surface area contributed by atoms with Crippen LogP contribution >= 0.6 is 23.2 Å². The maximum Gasteiger partial charge on any atom is 0.417 e. The molecule has 1 aliphatic rings. The first-order valence-electron chi connectivity index (χ1n) is 8.23. The number of anilines is 1. The fourth-order valence-corrected chi connectivity index (χ4v) is 5.02. The molecule has 1 fully saturated rings. The Morgan fingerprint density at radius 2 is 1.93 bits per heavy atom. The van der Waals surface area contributed by atoms with Gasteiger partial charge in [0.1, 0.15) is 10.7 Å². The molecule has 152 valence electrons. The van der Waals surface area contributed by atoms with Crippen LogP contribution in [0.4, 0.5) is 19.0 Å². The second-order valence-electron chi connectivity index (χ2n) is 6.49. The summed E-state index contributed by atoms with van der Waals surface area (Å²) >= 11 is 12.0. The van der Waals surface area contributed by atoms with Crippen molar-refractivity contribution in [3.05, 3.63) is 51.6 Å². The van der Waals surface area contributed by atoms with Crippen LogP contribution in [0.1, 0.15) is 17.5 Å². The summed E-state index contributed by atoms with van der Waals surface area (Å²) < 4.78 is 65.9. The molecule has 0 bridgehead atoms. The van der Waals surface area contributed by atoms with E-state index in [1.807, 2.05) is 0 Å². The van der Waals surface area contributed by atoms with Gasteiger partial charge in [0, 0.05) is 30.4 Å². The minimum Gasteiger partial charge on any atom is -0.355 e. The minimum atomic E-state index is -4.45. The number of rotatable bonds is 4. The van der Waals surface area contributed by atoms with Crippen molar-refractivity contribution in [2.75, 3.05) is 18.0 Å². The Morgan fingerprint density at radius 3 is 2.54 bits per heavy atom. The summed E-state index contributed by atoms with van der Waals surface area (Å²) in [5, 5.41) is 0.381. The third-order valence-electron chi connectivity index (χ3n) is 4.41. The molecule has 11 heteroatoms. The minimum absolute atomic E-state index is 0.0161. The van der Waals surface area contributed by atoms with Gasteiger partial charge in [-0.05, 0) is 43.2 Å². The quantitative estimate of drug-likeness (QED) is 0.750. The van der Waals surface area contributed by atoms with Gasteiger partial charge < -0.3 is 4.90 Å². The number of nitrogens with one attached hydrogen (secondary N) is 1. The highest BCUT2D eigenvalue weighted by molar-refractivity contribution is 7.89. The zero-order chi connectivity index (χ0) is 20.7. The molecule has 2 aromatic rings. The number of halogens is 5. The Balaban J connectivity index is 1.71. The lowest BCUT2D eigenvalue weighted by molar-refractivity contribution is -0.137. The van der Waals surface area contributed by atoms with Crippen LogP contribution in [-0.4, -0.2) is 32.5 Å². The molecule has 28 heavy (non-hydrogen) atoms. The number of alkyl halides is 3. The van der Waals surface area contributed by atoms with E-state index in [0.717, 1.165) is 12.3 Å². The van der Waals surface area contributed by atoms with Crippen LogP contribution < -0.4 is 9.62 Å². The first-order valence-corrected chi connectivity index (χ1v) is 10.5. The summed E-state index contributed by atoms with van der Waals surface area (Å²) in [5.41, 5.74) is -0.256. The summed E-state index contributed by atoms with van der Waals surface area (Å²) in [4.78, 5) is 5.50. The van der Waals surface area contributed by atoms with Gasteiger partial charge in [0.2, 0.25) is 10.0 Å². The van der Waals surface area contributed by atoms with Gasteiger partial charge in [0.25, 0.3) is 0 Å². The molecule has 1 unspecified atom stereocenters. The standard InChI is InChI=1S/C17H16Cl2F3N3O2S/c1-10-6-15(14(19)7-13(10)18)28(26,27)24-12-4-5-25(9-12)16-3-2-11(8-23-16)17(20,21)22/h2-3,6-8,12,24H,4-5,9H2,1H3. The molecule has 0 aliphatic carbocycles. The van der Waals surface area contributed by atoms with Crippen LogP contribution in [0.2, 0.25) is 10.0 Å². The number of hydrogen-bond donors (Lipinski definition) is 1. The molecule has 0 amide bonds. The summed E-state index contributed by atoms with van der Waals surface area (Å²) in [5.74, 6) is 0.357. The third-order valence-corrected chi connectivity index (χ3v) is 6.80. The first-order chi connectivity index (χ1) is 13.0. The van der Waals surface area contributed by atoms with Crippen LogP contribution in [0.5, 0.6) is 0 Å². The van der Waals surface area contributed by atoms with Gasteiger partial charge in [0.15, 0.2) is 0 Å². The lowest BCUT2D eigenvalue weighted by atomic mass is 10.2. The molecule has 1 atom stereocenters. The Morgan fingerprint density at radius 1 is 1.21 bits per heavy atom. The van der Waals surface area contributed by atoms with E-state index in [1.165, 1.54) is 18.2 Å². The summed E-state index contributed by atoms with van der Waals surface area (Å²) in [6.07, 6.45) is -3.21. The molecular weight excluding hydrogens is 438 g/mol. The second kappa shape index (κ2) is 7.70. The van der Waals surface area contributed by atoms with Gasteiger partial charge >= 0.3 is 6.18 Å². The number of benzene rings is 1. The van der Waals surface area contributed by atoms with Crippen LogP contribution in [0.15, 0.2) is 35.4 Å². The summed E-state index contributed by atoms with van der Waals surface area (Å²) in [7, 11) is -3.88. The van der Waals surface area contributed by atoms with Crippen molar-refractivity contribution in [3.8, 4) is 0 Å². The van der Waals surface area contributed by atoms with Gasteiger partial charge in [-0.1, -0.05) is 23.2 Å². The lowest BCUT2D eigenvalue weighted by Gasteiger charge is -2.19. The van der Waals surface area contributed by atoms with Crippen molar-refractivity contribution < 1.29 is 21.6 Å². The molecule has 0 radical (unpaired) electrons. The van der Waals surface area contributed by atoms with E-state index in [0.29, 0.717) is 29.4 Å². The normalized spacial score (nSPS) is 17.9. The lowest BCUT2D eigenvalue weighted by Crippen LogP contribution is -2.37. The number of pyridine rings is 1. The van der Waals surface area contributed by atoms with Gasteiger partial charge in [-0.25, -0.2) is 18.1 Å². The number of aryl methyl sites for hydroxylation is 1. The van der Waals surface area contributed by atoms with Crippen LogP contribution in [0.25, 0.3) is 0 Å². The highest BCUT2D eigenvalue weighted by atomic mass is 35.5. The van der Waals surface area contributed by atoms with Gasteiger partial charge in [-0.15, -0.1) is 0 Å². The second-order valence-corrected chi connectivity index (χ2v) is 8.98. The van der Waals surface area contributed by atoms with E-state index in [2.05, 4.69) is 9.71 Å². The van der Waals surface area contributed by atoms with E-state index in [4.69, 9.17) is 23.2 Å². The molecule has 1 aliphatic heterocycles. The summed E-state index contributed by atoms with van der Waals surface area (Å²) in [6.45, 7) is 2.41. The molecule has 1 saturated heterocycles. The van der Waals surface area contributed by atoms with Crippen molar-refractivity contribution in [1.29, 1.82) is 0 Å². The van der Waals surface area contributed by atoms with E-state index in [9.17, 15) is 21.6 Å². The van der Waals surface area contributed by atoms with Gasteiger partial charge in [-0.3, -0.25) is 0 Å². The SMILES string of the molecule is Cc1cc(S(=O)(=O)NC2CCN(c3ccc(C(F)(F)F)cn3)C2)c(Cl)cc1Cl. The topological polar surface area (TPSA) is 62.3 Å². The predicted octanol–water partition coefficient (Wildman–Crippen LogP) is 4.27. The summed E-state index contributed by atoms with van der Waals surface area (Å²) in [6, 6.07) is 4.58. The van der Waals surface area contributed by atoms with Crippen molar-refractivity contribution in [3.63, 3.8) is 0 Å². The maximum absolute atomic E-state index is 12.7. The average Bonchev–Trinajstić information content (AvgIpc) is 3.05. The molecule has 2 heterocycles. The number of aromatic nitrogens is 1. The fourth-order valence-electron chi connectivity index (χ4n) is 2.92. The molecule has 3 rings (SSSR count). The number of nitrogens with zero attached hydrogens (tertiary/aromatic N) is 2. The molecule has 0 saturated carbocycles. The van der Waals surface area contributed by atoms with E-state index < -0.39 is 27.8 Å². The Labute approximate surface area is 170 Å². The Hall–Kier alpha value is -1.55. The van der Waals surface area contributed by atoms with Crippen molar-refractivity contribution >= 4 is 39.0 Å². The average molecular weight is 454 g/mol. The van der Waals surface area contributed by atoms with Gasteiger partial charge in [-0.2, -0.15) is 13.2 Å². The largest absolute Gasteiger partial charge is 0.417 e. The number of hydrogen-bond acceptors (Lipinski definition) is 4. The van der Waals surface area contributed by atoms with E-state index >= 15 is 0 Å². The smallest absolute Gasteiger partial charge is 0.355 e. The highest BCUT2D eigenvalue weighted by Gasteiger charge is 2.32. The highest BCUT2D eigenvalue weighted by Crippen LogP contribution is 2.31. The third kappa shape index (κ3) is 4.53. The van der Waals surface area contributed by atoms with Crippen LogP contribution in [0, 0.1) is 6.92 Å². The predicted molar refractivity (Wildman–Crippen MR) is 101 cm³/mol. The molecule has 1 aromatic heterocycles. The van der Waals surface area contributed by atoms with Gasteiger partial charge in [0.05, 0.1) is 10.6 Å². The zero-order valence-corrected chi connectivity index (χ0v) is 16.9. The van der Waals surface area contributed by atoms with E-state index in [-0.39, 0.29) is 16.5 Å². The molecule has 5 nitrogen and oxygen atoms in total. The number of sulfonamides is 1. The first kappa shape index (κ1) is 21.2. The fraction of sp³-hybridized carbons (Fsp3) is 0.353. The molecule has 1 aromatic carbocycles. The Kier molecular flexibility index (Phi) is 5.82. The monoisotopic (exact) mass is 453 g/mol. The molecule has 1 N–H and O–H groups in total. The van der Waals surface area contributed by atoms with Crippen molar-refractivity contribution in [1.82, 2.24) is 9.71 Å². The zero-order valence-electron chi connectivity index (χ0n) is 14.6. The van der Waals surface area contributed by atoms with Crippen molar-refractivity contribution in [2.24, 2.45) is 0 Å². The van der Waals surface area contributed by atoms with Crippen molar-refractivity contribution in [2.45, 2.75) is 30.5 Å². The maximum atomic E-state index is 12.7. The van der Waals surface area contributed by atoms with Crippen LogP contribution in [-0.2, 0) is 16.2 Å². The Bertz CT molecular complexity index is 982. The molecular formula is C17H16Cl2F3N3O2S. The van der Waals surface area contributed by atoms with Crippen LogP contribution in [0.3, 0.4) is 0 Å². The van der Waals surface area contributed by atoms with E-state index in [1.54, 1.807) is 11.8 Å². The molecule has 0 spiro atoms.